The Morgan fingerprint density at radius 1 is 0.440 bits per heavy atom. The normalized spacial score (nSPS) is 11.4. The molecule has 2 heterocycles. The summed E-state index contributed by atoms with van der Waals surface area (Å²) in [6, 6.07) is 62.7. The van der Waals surface area contributed by atoms with E-state index in [1.54, 1.807) is 91.9 Å². The summed E-state index contributed by atoms with van der Waals surface area (Å²) in [5.74, 6) is 0.982. The molecule has 4 unspecified atom stereocenters. The minimum Gasteiger partial charge on any atom is -0.508 e. The minimum absolute atomic E-state index is 0.0648. The summed E-state index contributed by atoms with van der Waals surface area (Å²) >= 11 is 0. The van der Waals surface area contributed by atoms with Crippen molar-refractivity contribution in [3.8, 4) is 23.0 Å². The first kappa shape index (κ1) is 79.3. The van der Waals surface area contributed by atoms with Crippen LogP contribution >= 0.6 is 0 Å². The van der Waals surface area contributed by atoms with Crippen LogP contribution in [0.3, 0.4) is 0 Å². The number of hydrogen-bond donors (Lipinski definition) is 7. The van der Waals surface area contributed by atoms with Crippen LogP contribution in [-0.2, 0) is 22.6 Å². The number of H-pyrrole nitrogens is 2. The molecule has 2 aromatic heterocycles. The molecule has 0 radical (unpaired) electrons. The summed E-state index contributed by atoms with van der Waals surface area (Å²) in [6.45, 7) is 23.5. The number of aliphatic hydroxyl groups is 1. The van der Waals surface area contributed by atoms with Crippen LogP contribution in [0.15, 0.2) is 216 Å². The first-order valence-electron chi connectivity index (χ1n) is 32.4. The lowest BCUT2D eigenvalue weighted by Gasteiger charge is -2.16. The maximum Gasteiger partial charge on any atom is 0.337 e. The fourth-order valence-corrected chi connectivity index (χ4v) is 9.84. The number of benzene rings is 8. The van der Waals surface area contributed by atoms with Crippen LogP contribution in [0.4, 0.5) is 0 Å². The van der Waals surface area contributed by atoms with Gasteiger partial charge in [0.15, 0.2) is 0 Å². The number of carbonyl (C=O) groups excluding carboxylic acids is 3. The number of aromatic nitrogens is 2. The van der Waals surface area contributed by atoms with Gasteiger partial charge in [0.25, 0.3) is 17.0 Å². The number of rotatable bonds is 17. The average Bonchev–Trinajstić information content (AvgIpc) is 0.857. The van der Waals surface area contributed by atoms with Gasteiger partial charge in [-0.25, -0.2) is 14.4 Å². The molecule has 0 spiro atoms. The number of phenolic OH excluding ortho intramolecular Hbond substituents is 1. The molecule has 8 aromatic carbocycles. The van der Waals surface area contributed by atoms with E-state index in [4.69, 9.17) is 30.2 Å². The standard InChI is InChI=1S/C24H26N2O3.C17H18O3.C16H16O3.C10H12O3.C8H12N2O.C7H8O/c1-15-6-5-7-21(12-15)29-18(4)19-8-10-20(11-9-19)23(27)25-14-22-16(2)13-17(3)26-24(22)28;1-12-5-4-6-16(11-12)20-13(2)14-7-9-15(10-8-14)17(18)19-3;1-11-4-3-5-15(10-11)19-12(2)13-6-8-14(9-7-13)16(17)18;1-7(11)8-3-5-9(6-4-8)10(12)13-2;1-5-3-6(2)10-8(11)7(5)4-9;1-6-3-2-4-7(8)5-6/h5-13,18H,14H2,1-4H3,(H,25,27)(H,26,28);4-11,13H,1-3H3;3-10,12H,1-2H3,(H,17,18);3-7,11H,1-2H3;3H,4,9H2,1-2H3,(H,10,11);2-5,8H,1H3. The minimum atomic E-state index is -0.918. The molecule has 0 aliphatic heterocycles. The molecule has 0 saturated carbocycles. The number of aromatic hydroxyl groups is 1. The fraction of sp³-hybridized carbons (Fsp3) is 0.244. The Hall–Kier alpha value is -11.3. The van der Waals surface area contributed by atoms with Gasteiger partial charge < -0.3 is 60.0 Å². The van der Waals surface area contributed by atoms with Crippen molar-refractivity contribution in [2.75, 3.05) is 14.2 Å². The topological polar surface area (TPSA) is 279 Å². The van der Waals surface area contributed by atoms with E-state index in [0.717, 1.165) is 84.3 Å². The maximum absolute atomic E-state index is 12.5. The molecular formula is C82H92N4O14. The number of aromatic amines is 2. The molecule has 0 aliphatic carbocycles. The Kier molecular flexibility index (Phi) is 31.6. The zero-order chi connectivity index (χ0) is 73.6. The molecule has 1 amide bonds. The largest absolute Gasteiger partial charge is 0.508 e. The summed E-state index contributed by atoms with van der Waals surface area (Å²) in [6.07, 6.45) is -0.845. The summed E-state index contributed by atoms with van der Waals surface area (Å²) in [5.41, 5.74) is 20.0. The van der Waals surface area contributed by atoms with Crippen molar-refractivity contribution in [1.29, 1.82) is 0 Å². The number of aryl methyl sites for hydroxylation is 8. The van der Waals surface area contributed by atoms with Gasteiger partial charge in [0.2, 0.25) is 0 Å². The van der Waals surface area contributed by atoms with Crippen LogP contribution in [0, 0.1) is 55.4 Å². The maximum atomic E-state index is 12.5. The molecule has 18 nitrogen and oxygen atoms in total. The van der Waals surface area contributed by atoms with E-state index in [-0.39, 0.29) is 59.4 Å². The fourth-order valence-electron chi connectivity index (χ4n) is 9.84. The third kappa shape index (κ3) is 26.2. The summed E-state index contributed by atoms with van der Waals surface area (Å²) in [7, 11) is 2.71. The number of ether oxygens (including phenoxy) is 5. The van der Waals surface area contributed by atoms with Gasteiger partial charge in [0.05, 0.1) is 37.0 Å². The number of carboxylic acids is 1. The average molecular weight is 1360 g/mol. The number of aromatic carboxylic acids is 1. The van der Waals surface area contributed by atoms with Crippen molar-refractivity contribution in [3.63, 3.8) is 0 Å². The molecule has 0 aliphatic rings. The number of nitrogens with two attached hydrogens (primary N) is 1. The van der Waals surface area contributed by atoms with Gasteiger partial charge in [-0.05, 0) is 248 Å². The monoisotopic (exact) mass is 1360 g/mol. The van der Waals surface area contributed by atoms with Gasteiger partial charge in [-0.3, -0.25) is 14.4 Å². The van der Waals surface area contributed by atoms with Gasteiger partial charge in [0, 0.05) is 41.2 Å². The predicted molar refractivity (Wildman–Crippen MR) is 392 cm³/mol. The first-order valence-corrected chi connectivity index (χ1v) is 32.4. The molecule has 10 aromatic rings. The Morgan fingerprint density at radius 3 is 1.07 bits per heavy atom. The van der Waals surface area contributed by atoms with Crippen molar-refractivity contribution in [1.82, 2.24) is 15.3 Å². The molecule has 524 valence electrons. The Balaban J connectivity index is 0.000000226. The lowest BCUT2D eigenvalue weighted by atomic mass is 10.1. The van der Waals surface area contributed by atoms with Crippen LogP contribution < -0.4 is 36.4 Å². The molecule has 4 atom stereocenters. The van der Waals surface area contributed by atoms with E-state index >= 15 is 0 Å². The predicted octanol–water partition coefficient (Wildman–Crippen LogP) is 15.8. The highest BCUT2D eigenvalue weighted by molar-refractivity contribution is 5.94. The second kappa shape index (κ2) is 39.8. The van der Waals surface area contributed by atoms with Gasteiger partial charge in [-0.15, -0.1) is 0 Å². The van der Waals surface area contributed by atoms with E-state index < -0.39 is 12.1 Å². The number of amides is 1. The van der Waals surface area contributed by atoms with Crippen molar-refractivity contribution in [3.05, 3.63) is 327 Å². The number of aliphatic hydroxyl groups excluding tert-OH is 1. The highest BCUT2D eigenvalue weighted by atomic mass is 16.5. The molecule has 100 heavy (non-hydrogen) atoms. The van der Waals surface area contributed by atoms with Gasteiger partial charge in [0.1, 0.15) is 41.3 Å². The van der Waals surface area contributed by atoms with Crippen molar-refractivity contribution in [2.45, 2.75) is 121 Å². The highest BCUT2D eigenvalue weighted by Crippen LogP contribution is 2.26. The van der Waals surface area contributed by atoms with Crippen molar-refractivity contribution >= 4 is 23.8 Å². The molecule has 10 rings (SSSR count). The number of hydrogen-bond acceptors (Lipinski definition) is 14. The number of phenols is 1. The Labute approximate surface area is 585 Å². The second-order valence-electron chi connectivity index (χ2n) is 23.8. The quantitative estimate of drug-likeness (QED) is 0.0417. The zero-order valence-corrected chi connectivity index (χ0v) is 59.3. The summed E-state index contributed by atoms with van der Waals surface area (Å²) in [5, 5.41) is 29.7. The zero-order valence-electron chi connectivity index (χ0n) is 59.3. The van der Waals surface area contributed by atoms with Gasteiger partial charge >= 0.3 is 17.9 Å². The van der Waals surface area contributed by atoms with E-state index in [2.05, 4.69) is 24.8 Å². The number of pyridine rings is 2. The van der Waals surface area contributed by atoms with Crippen LogP contribution in [-0.4, -0.2) is 63.3 Å². The third-order valence-corrected chi connectivity index (χ3v) is 15.4. The summed E-state index contributed by atoms with van der Waals surface area (Å²) < 4.78 is 26.9. The number of carbonyl (C=O) groups is 4. The SMILES string of the molecule is COC(=O)c1ccc(C(C)O)cc1.COC(=O)c1ccc(C(C)Oc2cccc(C)c2)cc1.Cc1cc(C)c(CN)c(=O)[nH]1.Cc1cccc(O)c1.Cc1cccc(OC(C)c2ccc(C(=O)NCc3c(C)cc(C)[nH]c3=O)cc2)c1.Cc1cccc(OC(C)c2ccc(C(=O)O)cc2)c1. The molecular weight excluding hydrogens is 1260 g/mol. The van der Waals surface area contributed by atoms with Crippen molar-refractivity contribution in [2.24, 2.45) is 5.73 Å². The van der Waals surface area contributed by atoms with E-state index in [1.165, 1.54) is 14.2 Å². The Morgan fingerprint density at radius 2 is 0.770 bits per heavy atom. The van der Waals surface area contributed by atoms with E-state index in [1.807, 2.05) is 197 Å². The molecule has 8 N–H and O–H groups in total. The van der Waals surface area contributed by atoms with Crippen molar-refractivity contribution < 1.29 is 58.2 Å². The van der Waals surface area contributed by atoms with E-state index in [9.17, 15) is 33.9 Å². The Bertz CT molecular complexity index is 4370. The lowest BCUT2D eigenvalue weighted by Crippen LogP contribution is -2.27. The van der Waals surface area contributed by atoms with Crippen LogP contribution in [0.5, 0.6) is 23.0 Å². The van der Waals surface area contributed by atoms with Gasteiger partial charge in [-0.2, -0.15) is 0 Å². The lowest BCUT2D eigenvalue weighted by molar-refractivity contribution is 0.0591. The molecule has 0 bridgehead atoms. The molecule has 0 saturated heterocycles. The smallest absolute Gasteiger partial charge is 0.337 e. The third-order valence-electron chi connectivity index (χ3n) is 15.4. The molecule has 18 heteroatoms. The number of carboxylic acid groups (broad SMARTS) is 1. The second-order valence-corrected chi connectivity index (χ2v) is 23.8. The summed E-state index contributed by atoms with van der Waals surface area (Å²) in [4.78, 5) is 74.3. The first-order chi connectivity index (χ1) is 47.6. The number of nitrogens with one attached hydrogen (secondary N) is 3. The number of methoxy groups -OCH3 is 2. The van der Waals surface area contributed by atoms with Crippen LogP contribution in [0.2, 0.25) is 0 Å². The molecule has 0 fully saturated rings. The van der Waals surface area contributed by atoms with Gasteiger partial charge in [-0.1, -0.05) is 97.1 Å². The van der Waals surface area contributed by atoms with Crippen LogP contribution in [0.25, 0.3) is 0 Å². The van der Waals surface area contributed by atoms with Crippen LogP contribution in [0.1, 0.15) is 172 Å². The highest BCUT2D eigenvalue weighted by Gasteiger charge is 2.15. The van der Waals surface area contributed by atoms with E-state index in [0.29, 0.717) is 40.1 Å². The number of esters is 2.